The number of rotatable bonds is 3. The van der Waals surface area contributed by atoms with Gasteiger partial charge in [-0.25, -0.2) is 9.78 Å². The van der Waals surface area contributed by atoms with Crippen molar-refractivity contribution in [1.82, 2.24) is 14.8 Å². The topological polar surface area (TPSA) is 78.3 Å². The van der Waals surface area contributed by atoms with Crippen LogP contribution in [0.25, 0.3) is 11.3 Å². The van der Waals surface area contributed by atoms with E-state index in [4.69, 9.17) is 4.98 Å². The fraction of sp³-hybridized carbons (Fsp3) is 0.348. The first-order valence-electron chi connectivity index (χ1n) is 10.9. The summed E-state index contributed by atoms with van der Waals surface area (Å²) < 4.78 is 1.66. The minimum absolute atomic E-state index is 0.223. The third-order valence-corrected chi connectivity index (χ3v) is 5.81. The van der Waals surface area contributed by atoms with Crippen LogP contribution in [0.15, 0.2) is 48.7 Å². The maximum atomic E-state index is 13.1. The predicted molar refractivity (Wildman–Crippen MR) is 124 cm³/mol. The molecule has 2 N–H and O–H groups in total. The van der Waals surface area contributed by atoms with Gasteiger partial charge >= 0.3 is 6.03 Å². The number of carbonyl (C=O) groups is 1. The van der Waals surface area contributed by atoms with Crippen molar-refractivity contribution in [3.05, 3.63) is 48.7 Å². The van der Waals surface area contributed by atoms with E-state index in [1.807, 2.05) is 19.2 Å². The summed E-state index contributed by atoms with van der Waals surface area (Å²) in [6.45, 7) is 3.59. The van der Waals surface area contributed by atoms with E-state index in [9.17, 15) is 4.79 Å². The van der Waals surface area contributed by atoms with E-state index in [0.717, 1.165) is 43.0 Å². The lowest BCUT2D eigenvalue weighted by Crippen LogP contribution is -2.36. The molecule has 3 aromatic rings. The number of aryl methyl sites for hydroxylation is 1. The molecule has 1 aromatic carbocycles. The van der Waals surface area contributed by atoms with Crippen molar-refractivity contribution < 1.29 is 4.79 Å². The van der Waals surface area contributed by atoms with Crippen molar-refractivity contribution in [2.24, 2.45) is 7.05 Å². The maximum absolute atomic E-state index is 13.1. The van der Waals surface area contributed by atoms with Gasteiger partial charge in [0.2, 0.25) is 0 Å². The predicted octanol–water partition coefficient (Wildman–Crippen LogP) is 3.94. The molecule has 0 spiro atoms. The molecule has 0 aliphatic carbocycles. The molecule has 0 bridgehead atoms. The van der Waals surface area contributed by atoms with Crippen molar-refractivity contribution >= 4 is 29.0 Å². The van der Waals surface area contributed by atoms with Crippen molar-refractivity contribution in [2.45, 2.75) is 19.3 Å². The average Bonchev–Trinajstić information content (AvgIpc) is 3.41. The Labute approximate surface area is 181 Å². The molecule has 8 nitrogen and oxygen atoms in total. The number of urea groups is 1. The average molecular weight is 418 g/mol. The molecule has 2 aromatic heterocycles. The Balaban J connectivity index is 1.46. The number of hydrogen-bond acceptors (Lipinski definition) is 5. The highest BCUT2D eigenvalue weighted by molar-refractivity contribution is 6.02. The lowest BCUT2D eigenvalue weighted by molar-refractivity contribution is 0.256. The van der Waals surface area contributed by atoms with Crippen molar-refractivity contribution in [3.8, 4) is 11.3 Å². The Kier molecular flexibility index (Phi) is 5.19. The van der Waals surface area contributed by atoms with E-state index in [0.29, 0.717) is 18.2 Å². The zero-order valence-electron chi connectivity index (χ0n) is 17.7. The molecular weight excluding hydrogens is 390 g/mol. The van der Waals surface area contributed by atoms with E-state index in [-0.39, 0.29) is 6.03 Å². The van der Waals surface area contributed by atoms with Crippen molar-refractivity contribution in [3.63, 3.8) is 0 Å². The minimum atomic E-state index is -0.223. The maximum Gasteiger partial charge on any atom is 0.328 e. The molecule has 1 saturated heterocycles. The molecule has 2 aliphatic heterocycles. The Morgan fingerprint density at radius 2 is 1.94 bits per heavy atom. The van der Waals surface area contributed by atoms with Crippen LogP contribution < -0.4 is 20.4 Å². The molecular formula is C23H27N7O. The molecule has 5 rings (SSSR count). The number of aromatic nitrogens is 3. The second-order valence-electron chi connectivity index (χ2n) is 8.05. The van der Waals surface area contributed by atoms with Gasteiger partial charge in [0.1, 0.15) is 0 Å². The number of nitrogens with one attached hydrogen (secondary N) is 2. The molecule has 1 fully saturated rings. The van der Waals surface area contributed by atoms with Gasteiger partial charge in [-0.05, 0) is 43.5 Å². The smallest absolute Gasteiger partial charge is 0.328 e. The summed E-state index contributed by atoms with van der Waals surface area (Å²) in [6.07, 6.45) is 5.13. The molecule has 160 valence electrons. The third-order valence-electron chi connectivity index (χ3n) is 5.81. The van der Waals surface area contributed by atoms with Gasteiger partial charge in [0.05, 0.1) is 11.4 Å². The van der Waals surface area contributed by atoms with Crippen molar-refractivity contribution in [1.29, 1.82) is 0 Å². The molecule has 2 amide bonds. The number of benzene rings is 1. The van der Waals surface area contributed by atoms with Gasteiger partial charge in [0, 0.05) is 56.7 Å². The Morgan fingerprint density at radius 1 is 1.06 bits per heavy atom. The highest BCUT2D eigenvalue weighted by Gasteiger charge is 2.24. The monoisotopic (exact) mass is 417 g/mol. The molecule has 4 heterocycles. The summed E-state index contributed by atoms with van der Waals surface area (Å²) in [7, 11) is 1.82. The van der Waals surface area contributed by atoms with Crippen LogP contribution in [-0.4, -0.2) is 47.0 Å². The lowest BCUT2D eigenvalue weighted by atomic mass is 10.1. The minimum Gasteiger partial charge on any atom is -0.382 e. The van der Waals surface area contributed by atoms with Crippen LogP contribution in [0, 0.1) is 0 Å². The fourth-order valence-electron chi connectivity index (χ4n) is 4.21. The Hall–Kier alpha value is -3.55. The van der Waals surface area contributed by atoms with E-state index < -0.39 is 0 Å². The summed E-state index contributed by atoms with van der Waals surface area (Å²) in [4.78, 5) is 22.1. The van der Waals surface area contributed by atoms with Crippen LogP contribution in [0.5, 0.6) is 0 Å². The van der Waals surface area contributed by atoms with Gasteiger partial charge in [-0.2, -0.15) is 5.10 Å². The molecule has 0 saturated carbocycles. The van der Waals surface area contributed by atoms with Crippen LogP contribution in [-0.2, 0) is 7.05 Å². The molecule has 2 aliphatic rings. The quantitative estimate of drug-likeness (QED) is 0.675. The Bertz CT molecular complexity index is 1090. The zero-order valence-corrected chi connectivity index (χ0v) is 17.7. The first kappa shape index (κ1) is 19.4. The number of pyridine rings is 1. The normalized spacial score (nSPS) is 15.9. The van der Waals surface area contributed by atoms with Crippen LogP contribution in [0.3, 0.4) is 0 Å². The summed E-state index contributed by atoms with van der Waals surface area (Å²) >= 11 is 0. The summed E-state index contributed by atoms with van der Waals surface area (Å²) in [6, 6.07) is 14.1. The number of amides is 2. The Morgan fingerprint density at radius 3 is 2.74 bits per heavy atom. The first-order chi connectivity index (χ1) is 15.2. The van der Waals surface area contributed by atoms with Crippen LogP contribution >= 0.6 is 0 Å². The highest BCUT2D eigenvalue weighted by atomic mass is 16.2. The van der Waals surface area contributed by atoms with E-state index in [1.54, 1.807) is 21.8 Å². The summed E-state index contributed by atoms with van der Waals surface area (Å²) in [5.41, 5.74) is 4.02. The van der Waals surface area contributed by atoms with E-state index in [2.05, 4.69) is 44.9 Å². The second-order valence-corrected chi connectivity index (χ2v) is 8.05. The van der Waals surface area contributed by atoms with Crippen LogP contribution in [0.1, 0.15) is 19.3 Å². The summed E-state index contributed by atoms with van der Waals surface area (Å²) in [5.74, 6) is 1.18. The lowest BCUT2D eigenvalue weighted by Gasteiger charge is -2.22. The summed E-state index contributed by atoms with van der Waals surface area (Å²) in [5, 5.41) is 10.5. The number of hydrogen-bond donors (Lipinski definition) is 2. The van der Waals surface area contributed by atoms with Gasteiger partial charge in [-0.3, -0.25) is 14.9 Å². The number of nitrogens with zero attached hydrogens (tertiary/aromatic N) is 5. The van der Waals surface area contributed by atoms with Crippen molar-refractivity contribution in [2.75, 3.05) is 46.6 Å². The molecule has 0 atom stereocenters. The third kappa shape index (κ3) is 4.05. The number of anilines is 4. The SMILES string of the molecule is Cn1ccc(NC(=O)N2CCCNc3ccc(-c4cccc(N5CCCC5)c4)nc32)n1. The zero-order chi connectivity index (χ0) is 21.2. The highest BCUT2D eigenvalue weighted by Crippen LogP contribution is 2.32. The molecule has 31 heavy (non-hydrogen) atoms. The standard InChI is InChI=1S/C23H27N7O/c1-28-15-10-21(27-28)26-23(31)30-14-5-11-24-20-9-8-19(25-22(20)30)17-6-4-7-18(16-17)29-12-2-3-13-29/h4,6-10,15-16,24H,2-3,5,11-14H2,1H3,(H,26,27,31). The van der Waals surface area contributed by atoms with E-state index in [1.165, 1.54) is 18.5 Å². The number of fused-ring (bicyclic) bond motifs is 1. The van der Waals surface area contributed by atoms with Gasteiger partial charge < -0.3 is 10.2 Å². The van der Waals surface area contributed by atoms with Gasteiger partial charge in [-0.15, -0.1) is 0 Å². The van der Waals surface area contributed by atoms with E-state index >= 15 is 0 Å². The van der Waals surface area contributed by atoms with Crippen LogP contribution in [0.2, 0.25) is 0 Å². The molecule has 0 radical (unpaired) electrons. The van der Waals surface area contributed by atoms with Gasteiger partial charge in [-0.1, -0.05) is 12.1 Å². The largest absolute Gasteiger partial charge is 0.382 e. The second kappa shape index (κ2) is 8.29. The van der Waals surface area contributed by atoms with Crippen LogP contribution in [0.4, 0.5) is 27.8 Å². The number of carbonyl (C=O) groups excluding carboxylic acids is 1. The molecule has 0 unspecified atom stereocenters. The molecule has 8 heteroatoms. The van der Waals surface area contributed by atoms with Gasteiger partial charge in [0.15, 0.2) is 11.6 Å². The fourth-order valence-corrected chi connectivity index (χ4v) is 4.21. The first-order valence-corrected chi connectivity index (χ1v) is 10.9. The van der Waals surface area contributed by atoms with Gasteiger partial charge in [0.25, 0.3) is 0 Å².